The third kappa shape index (κ3) is 3.53. The number of carboxylic acid groups (broad SMARTS) is 1. The number of rotatable bonds is 5. The van der Waals surface area contributed by atoms with E-state index in [1.807, 2.05) is 0 Å². The van der Waals surface area contributed by atoms with E-state index in [9.17, 15) is 19.5 Å². The van der Waals surface area contributed by atoms with Gasteiger partial charge in [-0.25, -0.2) is 0 Å². The fraction of sp³-hybridized carbons (Fsp3) is 0.471. The number of ketones is 1. The van der Waals surface area contributed by atoms with Crippen molar-refractivity contribution >= 4 is 17.7 Å². The predicted octanol–water partition coefficient (Wildman–Crippen LogP) is 2.65. The molecule has 0 heterocycles. The minimum Gasteiger partial charge on any atom is -0.481 e. The maximum absolute atomic E-state index is 12.1. The van der Waals surface area contributed by atoms with Gasteiger partial charge in [-0.15, -0.1) is 0 Å². The molecule has 2 rings (SSSR count). The molecule has 0 atom stereocenters. The second-order valence-electron chi connectivity index (χ2n) is 5.96. The summed E-state index contributed by atoms with van der Waals surface area (Å²) in [4.78, 5) is 34.9. The highest BCUT2D eigenvalue weighted by Crippen LogP contribution is 2.36. The van der Waals surface area contributed by atoms with E-state index < -0.39 is 11.4 Å². The highest BCUT2D eigenvalue weighted by Gasteiger charge is 2.39. The van der Waals surface area contributed by atoms with E-state index in [0.29, 0.717) is 24.0 Å². The average Bonchev–Trinajstić information content (AvgIpc) is 2.53. The zero-order valence-corrected chi connectivity index (χ0v) is 12.7. The molecule has 118 valence electrons. The molecule has 1 saturated carbocycles. The molecule has 0 radical (unpaired) electrons. The largest absolute Gasteiger partial charge is 0.481 e. The van der Waals surface area contributed by atoms with Crippen molar-refractivity contribution in [2.75, 3.05) is 6.54 Å². The third-order valence-corrected chi connectivity index (χ3v) is 4.41. The Labute approximate surface area is 129 Å². The first-order valence-corrected chi connectivity index (χ1v) is 7.57. The molecule has 1 aromatic carbocycles. The smallest absolute Gasteiger partial charge is 0.311 e. The lowest BCUT2D eigenvalue weighted by atomic mass is 9.74. The van der Waals surface area contributed by atoms with Crippen molar-refractivity contribution in [3.8, 4) is 0 Å². The molecule has 0 saturated heterocycles. The van der Waals surface area contributed by atoms with Crippen LogP contribution in [-0.2, 0) is 4.79 Å². The number of carbonyl (C=O) groups excluding carboxylic acids is 2. The molecular weight excluding hydrogens is 282 g/mol. The van der Waals surface area contributed by atoms with Crippen molar-refractivity contribution in [1.29, 1.82) is 0 Å². The summed E-state index contributed by atoms with van der Waals surface area (Å²) < 4.78 is 0. The van der Waals surface area contributed by atoms with Crippen molar-refractivity contribution in [1.82, 2.24) is 5.32 Å². The van der Waals surface area contributed by atoms with E-state index in [1.165, 1.54) is 6.92 Å². The zero-order valence-electron chi connectivity index (χ0n) is 12.7. The van der Waals surface area contributed by atoms with Crippen LogP contribution in [0.1, 0.15) is 59.7 Å². The molecule has 0 spiro atoms. The van der Waals surface area contributed by atoms with Gasteiger partial charge in [0.15, 0.2) is 5.78 Å². The summed E-state index contributed by atoms with van der Waals surface area (Å²) in [5, 5.41) is 12.2. The number of hydrogen-bond donors (Lipinski definition) is 2. The molecular formula is C17H21NO4. The summed E-state index contributed by atoms with van der Waals surface area (Å²) in [6, 6.07) is 6.37. The van der Waals surface area contributed by atoms with Gasteiger partial charge in [0.1, 0.15) is 0 Å². The SMILES string of the molecule is CC(=O)c1ccc(C(=O)NCC2(C(=O)O)CCCCC2)cc1. The minimum atomic E-state index is -0.840. The van der Waals surface area contributed by atoms with Gasteiger partial charge in [0.05, 0.1) is 5.41 Å². The van der Waals surface area contributed by atoms with Crippen molar-refractivity contribution in [2.24, 2.45) is 5.41 Å². The lowest BCUT2D eigenvalue weighted by Gasteiger charge is -2.33. The topological polar surface area (TPSA) is 83.5 Å². The highest BCUT2D eigenvalue weighted by molar-refractivity contribution is 5.97. The van der Waals surface area contributed by atoms with Crippen molar-refractivity contribution < 1.29 is 19.5 Å². The van der Waals surface area contributed by atoms with Crippen LogP contribution in [0.4, 0.5) is 0 Å². The van der Waals surface area contributed by atoms with Crippen LogP contribution in [0.15, 0.2) is 24.3 Å². The molecule has 5 heteroatoms. The molecule has 1 fully saturated rings. The fourth-order valence-electron chi connectivity index (χ4n) is 2.90. The first-order valence-electron chi connectivity index (χ1n) is 7.57. The summed E-state index contributed by atoms with van der Waals surface area (Å²) >= 11 is 0. The molecule has 22 heavy (non-hydrogen) atoms. The van der Waals surface area contributed by atoms with E-state index in [-0.39, 0.29) is 18.2 Å². The number of nitrogens with one attached hydrogen (secondary N) is 1. The van der Waals surface area contributed by atoms with Crippen LogP contribution in [-0.4, -0.2) is 29.3 Å². The number of amides is 1. The Morgan fingerprint density at radius 1 is 1.05 bits per heavy atom. The predicted molar refractivity (Wildman–Crippen MR) is 81.9 cm³/mol. The average molecular weight is 303 g/mol. The molecule has 5 nitrogen and oxygen atoms in total. The summed E-state index contributed by atoms with van der Waals surface area (Å²) in [6.45, 7) is 1.62. The van der Waals surface area contributed by atoms with Crippen LogP contribution in [0.2, 0.25) is 0 Å². The first kappa shape index (κ1) is 16.2. The Hall–Kier alpha value is -2.17. The van der Waals surface area contributed by atoms with Crippen LogP contribution < -0.4 is 5.32 Å². The van der Waals surface area contributed by atoms with Crippen LogP contribution in [0, 0.1) is 5.41 Å². The Bertz CT molecular complexity index is 571. The van der Waals surface area contributed by atoms with Crippen molar-refractivity contribution in [2.45, 2.75) is 39.0 Å². The second kappa shape index (κ2) is 6.73. The molecule has 0 aromatic heterocycles. The van der Waals surface area contributed by atoms with Crippen LogP contribution in [0.3, 0.4) is 0 Å². The van der Waals surface area contributed by atoms with Gasteiger partial charge < -0.3 is 10.4 Å². The molecule has 0 aliphatic heterocycles. The Morgan fingerprint density at radius 2 is 1.59 bits per heavy atom. The lowest BCUT2D eigenvalue weighted by Crippen LogP contribution is -2.44. The van der Waals surface area contributed by atoms with Gasteiger partial charge in [0.25, 0.3) is 5.91 Å². The molecule has 1 aliphatic rings. The Kier molecular flexibility index (Phi) is 4.96. The minimum absolute atomic E-state index is 0.0565. The summed E-state index contributed by atoms with van der Waals surface area (Å²) in [7, 11) is 0. The maximum Gasteiger partial charge on any atom is 0.311 e. The van der Waals surface area contributed by atoms with Gasteiger partial charge in [-0.2, -0.15) is 0 Å². The number of benzene rings is 1. The van der Waals surface area contributed by atoms with E-state index in [1.54, 1.807) is 24.3 Å². The van der Waals surface area contributed by atoms with E-state index in [4.69, 9.17) is 0 Å². The van der Waals surface area contributed by atoms with Crippen molar-refractivity contribution in [3.63, 3.8) is 0 Å². The number of Topliss-reactive ketones (excluding diaryl/α,β-unsaturated/α-hetero) is 1. The Morgan fingerprint density at radius 3 is 2.09 bits per heavy atom. The summed E-state index contributed by atoms with van der Waals surface area (Å²) in [5.74, 6) is -1.19. The zero-order chi connectivity index (χ0) is 16.2. The molecule has 1 aliphatic carbocycles. The van der Waals surface area contributed by atoms with E-state index in [0.717, 1.165) is 19.3 Å². The lowest BCUT2D eigenvalue weighted by molar-refractivity contribution is -0.150. The van der Waals surface area contributed by atoms with Gasteiger partial charge in [-0.1, -0.05) is 31.4 Å². The first-order chi connectivity index (χ1) is 10.4. The molecule has 0 bridgehead atoms. The number of aliphatic carboxylic acids is 1. The summed E-state index contributed by atoms with van der Waals surface area (Å²) in [6.07, 6.45) is 4.03. The van der Waals surface area contributed by atoms with Crippen LogP contribution in [0.5, 0.6) is 0 Å². The van der Waals surface area contributed by atoms with E-state index >= 15 is 0 Å². The van der Waals surface area contributed by atoms with E-state index in [2.05, 4.69) is 5.32 Å². The summed E-state index contributed by atoms with van der Waals surface area (Å²) in [5.41, 5.74) is 0.139. The van der Waals surface area contributed by atoms with Crippen molar-refractivity contribution in [3.05, 3.63) is 35.4 Å². The van der Waals surface area contributed by atoms with Gasteiger partial charge in [0.2, 0.25) is 0 Å². The third-order valence-electron chi connectivity index (χ3n) is 4.41. The molecule has 1 amide bonds. The van der Waals surface area contributed by atoms with Gasteiger partial charge >= 0.3 is 5.97 Å². The van der Waals surface area contributed by atoms with Gasteiger partial charge in [-0.3, -0.25) is 14.4 Å². The monoisotopic (exact) mass is 303 g/mol. The quantitative estimate of drug-likeness (QED) is 0.819. The highest BCUT2D eigenvalue weighted by atomic mass is 16.4. The normalized spacial score (nSPS) is 16.8. The van der Waals surface area contributed by atoms with Gasteiger partial charge in [0, 0.05) is 17.7 Å². The number of hydrogen-bond acceptors (Lipinski definition) is 3. The fourth-order valence-corrected chi connectivity index (χ4v) is 2.90. The standard InChI is InChI=1S/C17H21NO4/c1-12(19)13-5-7-14(8-6-13)15(20)18-11-17(16(21)22)9-3-2-4-10-17/h5-8H,2-4,9-11H2,1H3,(H,18,20)(H,21,22). The molecule has 1 aromatic rings. The number of carboxylic acids is 1. The molecule has 2 N–H and O–H groups in total. The second-order valence-corrected chi connectivity index (χ2v) is 5.96. The Balaban J connectivity index is 2.01. The maximum atomic E-state index is 12.1. The van der Waals surface area contributed by atoms with Crippen LogP contribution >= 0.6 is 0 Å². The van der Waals surface area contributed by atoms with Crippen LogP contribution in [0.25, 0.3) is 0 Å². The molecule has 0 unspecified atom stereocenters. The number of carbonyl (C=O) groups is 3. The van der Waals surface area contributed by atoms with Gasteiger partial charge in [-0.05, 0) is 31.9 Å².